The number of hydrogen-bond donors (Lipinski definition) is 1. The Balaban J connectivity index is 1.71. The molecule has 3 fully saturated rings. The van der Waals surface area contributed by atoms with Gasteiger partial charge in [0.05, 0.1) is 19.1 Å². The molecule has 0 aromatic rings. The van der Waals surface area contributed by atoms with Crippen molar-refractivity contribution in [2.45, 2.75) is 31.5 Å². The predicted octanol–water partition coefficient (Wildman–Crippen LogP) is 1.63. The summed E-state index contributed by atoms with van der Waals surface area (Å²) in [6.45, 7) is 5.43. The van der Waals surface area contributed by atoms with Crippen molar-refractivity contribution in [3.63, 3.8) is 0 Å². The zero-order chi connectivity index (χ0) is 16.5. The summed E-state index contributed by atoms with van der Waals surface area (Å²) in [6.07, 6.45) is 3.72. The standard InChI is InChI=1S/C16H23NO6/c1-2-7-21-14(20)17-10-12(13(18)19)15(11-17)3-5-16(6-4-15)22-8-9-23-16/h2,12H,1,3-11H2,(H,18,19). The zero-order valence-electron chi connectivity index (χ0n) is 13.2. The Morgan fingerprint density at radius 3 is 2.48 bits per heavy atom. The van der Waals surface area contributed by atoms with E-state index in [2.05, 4.69) is 6.58 Å². The number of aliphatic carboxylic acids is 1. The highest BCUT2D eigenvalue weighted by molar-refractivity contribution is 5.75. The second-order valence-corrected chi connectivity index (χ2v) is 6.61. The summed E-state index contributed by atoms with van der Waals surface area (Å²) in [6, 6.07) is 0. The number of amides is 1. The molecule has 0 radical (unpaired) electrons. The lowest BCUT2D eigenvalue weighted by atomic mass is 9.66. The van der Waals surface area contributed by atoms with Gasteiger partial charge in [0.1, 0.15) is 6.61 Å². The molecule has 23 heavy (non-hydrogen) atoms. The molecule has 2 aliphatic heterocycles. The quantitative estimate of drug-likeness (QED) is 0.794. The second-order valence-electron chi connectivity index (χ2n) is 6.61. The van der Waals surface area contributed by atoms with Crippen molar-refractivity contribution in [1.29, 1.82) is 0 Å². The van der Waals surface area contributed by atoms with Crippen molar-refractivity contribution in [3.8, 4) is 0 Å². The Kier molecular flexibility index (Phi) is 4.33. The molecule has 7 heteroatoms. The van der Waals surface area contributed by atoms with Crippen molar-refractivity contribution >= 4 is 12.1 Å². The molecule has 0 aromatic carbocycles. The second kappa shape index (κ2) is 6.13. The number of carbonyl (C=O) groups is 2. The van der Waals surface area contributed by atoms with Gasteiger partial charge in [-0.05, 0) is 12.8 Å². The first-order chi connectivity index (χ1) is 11.0. The molecule has 0 bridgehead atoms. The molecule has 2 spiro atoms. The van der Waals surface area contributed by atoms with Gasteiger partial charge in [-0.3, -0.25) is 4.79 Å². The van der Waals surface area contributed by atoms with E-state index in [4.69, 9.17) is 14.2 Å². The molecule has 7 nitrogen and oxygen atoms in total. The minimum absolute atomic E-state index is 0.130. The summed E-state index contributed by atoms with van der Waals surface area (Å²) in [5.41, 5.74) is -0.417. The zero-order valence-corrected chi connectivity index (χ0v) is 13.2. The number of nitrogens with zero attached hydrogens (tertiary/aromatic N) is 1. The summed E-state index contributed by atoms with van der Waals surface area (Å²) in [5, 5.41) is 9.61. The summed E-state index contributed by atoms with van der Waals surface area (Å²) < 4.78 is 16.5. The maximum atomic E-state index is 12.1. The molecule has 128 valence electrons. The van der Waals surface area contributed by atoms with E-state index in [1.807, 2.05) is 0 Å². The minimum Gasteiger partial charge on any atom is -0.481 e. The molecule has 1 saturated carbocycles. The SMILES string of the molecule is C=CCOC(=O)N1CC(C(=O)O)C2(CCC3(CC2)OCCO3)C1. The van der Waals surface area contributed by atoms with Crippen LogP contribution in [0.25, 0.3) is 0 Å². The third-order valence-corrected chi connectivity index (χ3v) is 5.35. The van der Waals surface area contributed by atoms with Crippen LogP contribution in [0.3, 0.4) is 0 Å². The monoisotopic (exact) mass is 325 g/mol. The molecule has 1 amide bonds. The van der Waals surface area contributed by atoms with Gasteiger partial charge in [-0.1, -0.05) is 12.7 Å². The highest BCUT2D eigenvalue weighted by Crippen LogP contribution is 2.52. The van der Waals surface area contributed by atoms with Gasteiger partial charge < -0.3 is 24.2 Å². The number of rotatable bonds is 3. The number of carboxylic acid groups (broad SMARTS) is 1. The van der Waals surface area contributed by atoms with Crippen LogP contribution in [0.5, 0.6) is 0 Å². The molecule has 1 N–H and O–H groups in total. The summed E-state index contributed by atoms with van der Waals surface area (Å²) >= 11 is 0. The first-order valence-corrected chi connectivity index (χ1v) is 8.04. The van der Waals surface area contributed by atoms with Crippen LogP contribution < -0.4 is 0 Å². The molecule has 2 heterocycles. The first kappa shape index (κ1) is 16.3. The van der Waals surface area contributed by atoms with Crippen molar-refractivity contribution in [2.24, 2.45) is 11.3 Å². The maximum Gasteiger partial charge on any atom is 0.410 e. The van der Waals surface area contributed by atoms with Gasteiger partial charge in [0.25, 0.3) is 0 Å². The Morgan fingerprint density at radius 2 is 1.91 bits per heavy atom. The predicted molar refractivity (Wildman–Crippen MR) is 79.8 cm³/mol. The van der Waals surface area contributed by atoms with E-state index in [9.17, 15) is 14.7 Å². The third-order valence-electron chi connectivity index (χ3n) is 5.35. The third kappa shape index (κ3) is 2.95. The van der Waals surface area contributed by atoms with Crippen LogP contribution in [0.1, 0.15) is 25.7 Å². The van der Waals surface area contributed by atoms with Crippen molar-refractivity contribution in [1.82, 2.24) is 4.90 Å². The van der Waals surface area contributed by atoms with Crippen LogP contribution in [-0.2, 0) is 19.0 Å². The van der Waals surface area contributed by atoms with E-state index in [1.165, 1.54) is 11.0 Å². The summed E-state index contributed by atoms with van der Waals surface area (Å²) in [4.78, 5) is 25.3. The Labute approximate surface area is 135 Å². The summed E-state index contributed by atoms with van der Waals surface area (Å²) in [7, 11) is 0. The molecular formula is C16H23NO6. The van der Waals surface area contributed by atoms with E-state index in [-0.39, 0.29) is 13.2 Å². The number of ether oxygens (including phenoxy) is 3. The van der Waals surface area contributed by atoms with E-state index < -0.39 is 29.2 Å². The van der Waals surface area contributed by atoms with Crippen LogP contribution >= 0.6 is 0 Å². The largest absolute Gasteiger partial charge is 0.481 e. The number of carboxylic acids is 1. The van der Waals surface area contributed by atoms with E-state index in [0.717, 1.165) is 0 Å². The van der Waals surface area contributed by atoms with Gasteiger partial charge >= 0.3 is 12.1 Å². The van der Waals surface area contributed by atoms with Crippen molar-refractivity contribution in [3.05, 3.63) is 12.7 Å². The van der Waals surface area contributed by atoms with Crippen LogP contribution in [0.4, 0.5) is 4.79 Å². The van der Waals surface area contributed by atoms with Gasteiger partial charge in [-0.2, -0.15) is 0 Å². The number of carbonyl (C=O) groups excluding carboxylic acids is 1. The smallest absolute Gasteiger partial charge is 0.410 e. The maximum absolute atomic E-state index is 12.1. The van der Waals surface area contributed by atoms with Gasteiger partial charge in [0, 0.05) is 31.3 Å². The van der Waals surface area contributed by atoms with Gasteiger partial charge in [-0.25, -0.2) is 4.79 Å². The molecule has 1 atom stereocenters. The average Bonchev–Trinajstić information content (AvgIpc) is 3.14. The molecule has 0 aromatic heterocycles. The molecule has 2 saturated heterocycles. The molecule has 1 unspecified atom stereocenters. The van der Waals surface area contributed by atoms with Crippen molar-refractivity contribution < 1.29 is 28.9 Å². The van der Waals surface area contributed by atoms with E-state index in [1.54, 1.807) is 0 Å². The number of likely N-dealkylation sites (tertiary alicyclic amines) is 1. The van der Waals surface area contributed by atoms with Crippen LogP contribution in [0, 0.1) is 11.3 Å². The molecule has 1 aliphatic carbocycles. The molecule has 3 rings (SSSR count). The van der Waals surface area contributed by atoms with Crippen molar-refractivity contribution in [2.75, 3.05) is 32.9 Å². The Hall–Kier alpha value is -1.60. The van der Waals surface area contributed by atoms with Crippen LogP contribution in [0.2, 0.25) is 0 Å². The van der Waals surface area contributed by atoms with Crippen LogP contribution in [0.15, 0.2) is 12.7 Å². The average molecular weight is 325 g/mol. The molecule has 3 aliphatic rings. The fourth-order valence-electron chi connectivity index (χ4n) is 4.09. The lowest BCUT2D eigenvalue weighted by Gasteiger charge is -2.43. The topological polar surface area (TPSA) is 85.3 Å². The first-order valence-electron chi connectivity index (χ1n) is 8.04. The van der Waals surface area contributed by atoms with Gasteiger partial charge in [-0.15, -0.1) is 0 Å². The number of hydrogen-bond acceptors (Lipinski definition) is 5. The lowest BCUT2D eigenvalue weighted by molar-refractivity contribution is -0.195. The van der Waals surface area contributed by atoms with E-state index >= 15 is 0 Å². The van der Waals surface area contributed by atoms with Gasteiger partial charge in [0.15, 0.2) is 5.79 Å². The lowest BCUT2D eigenvalue weighted by Crippen LogP contribution is -2.45. The van der Waals surface area contributed by atoms with Crippen LogP contribution in [-0.4, -0.2) is 60.8 Å². The molecular weight excluding hydrogens is 302 g/mol. The summed E-state index contributed by atoms with van der Waals surface area (Å²) in [5.74, 6) is -1.96. The highest BCUT2D eigenvalue weighted by atomic mass is 16.7. The Morgan fingerprint density at radius 1 is 1.26 bits per heavy atom. The highest BCUT2D eigenvalue weighted by Gasteiger charge is 2.56. The minimum atomic E-state index is -0.853. The Bertz CT molecular complexity index is 489. The van der Waals surface area contributed by atoms with Gasteiger partial charge in [0.2, 0.25) is 0 Å². The van der Waals surface area contributed by atoms with E-state index in [0.29, 0.717) is 45.4 Å². The fraction of sp³-hybridized carbons (Fsp3) is 0.750. The fourth-order valence-corrected chi connectivity index (χ4v) is 4.09. The normalized spacial score (nSPS) is 28.2.